The van der Waals surface area contributed by atoms with Gasteiger partial charge in [0.25, 0.3) is 5.91 Å². The van der Waals surface area contributed by atoms with Gasteiger partial charge >= 0.3 is 0 Å². The molecule has 1 atom stereocenters. The van der Waals surface area contributed by atoms with E-state index in [4.69, 9.17) is 0 Å². The molecule has 122 valence electrons. The molecule has 5 heteroatoms. The van der Waals surface area contributed by atoms with Crippen molar-refractivity contribution < 1.29 is 14.3 Å². The molecule has 1 aromatic carbocycles. The highest BCUT2D eigenvalue weighted by molar-refractivity contribution is 6.06. The van der Waals surface area contributed by atoms with Crippen molar-refractivity contribution in [2.45, 2.75) is 38.6 Å². The summed E-state index contributed by atoms with van der Waals surface area (Å²) in [5.74, 6) is -0.407. The molecule has 1 amide bonds. The quantitative estimate of drug-likeness (QED) is 0.947. The van der Waals surface area contributed by atoms with Gasteiger partial charge in [0.2, 0.25) is 0 Å². The molecule has 1 N–H and O–H groups in total. The Hall–Kier alpha value is -2.01. The van der Waals surface area contributed by atoms with Gasteiger partial charge in [-0.25, -0.2) is 4.39 Å². The number of benzene rings is 1. The third-order valence-electron chi connectivity index (χ3n) is 4.48. The number of hydrogen-bond acceptors (Lipinski definition) is 3. The highest BCUT2D eigenvalue weighted by Gasteiger charge is 2.28. The van der Waals surface area contributed by atoms with Gasteiger partial charge in [-0.2, -0.15) is 0 Å². The Kier molecular flexibility index (Phi) is 4.57. The molecule has 4 nitrogen and oxygen atoms in total. The maximum absolute atomic E-state index is 13.5. The van der Waals surface area contributed by atoms with Crippen LogP contribution in [0.5, 0.6) is 0 Å². The number of nitrogens with zero attached hydrogens (tertiary/aromatic N) is 2. The topological polar surface area (TPSA) is 53.4 Å². The second-order valence-corrected chi connectivity index (χ2v) is 6.13. The van der Waals surface area contributed by atoms with E-state index in [9.17, 15) is 14.3 Å². The van der Waals surface area contributed by atoms with Gasteiger partial charge in [0.1, 0.15) is 5.82 Å². The monoisotopic (exact) mass is 316 g/mol. The molecule has 1 aliphatic rings. The van der Waals surface area contributed by atoms with Crippen LogP contribution in [-0.2, 0) is 0 Å². The van der Waals surface area contributed by atoms with Crippen LogP contribution in [0.1, 0.15) is 41.7 Å². The normalized spacial score (nSPS) is 18.4. The highest BCUT2D eigenvalue weighted by atomic mass is 19.1. The van der Waals surface area contributed by atoms with Crippen molar-refractivity contribution in [1.82, 2.24) is 9.88 Å². The Morgan fingerprint density at radius 1 is 1.39 bits per heavy atom. The summed E-state index contributed by atoms with van der Waals surface area (Å²) in [6, 6.07) is 6.19. The largest absolute Gasteiger partial charge is 0.396 e. The van der Waals surface area contributed by atoms with E-state index in [0.717, 1.165) is 19.3 Å². The fourth-order valence-corrected chi connectivity index (χ4v) is 3.38. The number of likely N-dealkylation sites (tertiary alicyclic amines) is 1. The van der Waals surface area contributed by atoms with Crippen molar-refractivity contribution in [2.24, 2.45) is 0 Å². The Morgan fingerprint density at radius 2 is 2.22 bits per heavy atom. The maximum Gasteiger partial charge on any atom is 0.254 e. The number of carbonyl (C=O) groups is 1. The second kappa shape index (κ2) is 6.62. The average molecular weight is 316 g/mol. The summed E-state index contributed by atoms with van der Waals surface area (Å²) in [4.78, 5) is 19.2. The average Bonchev–Trinajstić information content (AvgIpc) is 2.54. The predicted octanol–water partition coefficient (Wildman–Crippen LogP) is 3.06. The molecular weight excluding hydrogens is 295 g/mol. The fourth-order valence-electron chi connectivity index (χ4n) is 3.38. The first-order valence-corrected chi connectivity index (χ1v) is 8.09. The van der Waals surface area contributed by atoms with Crippen molar-refractivity contribution in [2.75, 3.05) is 13.2 Å². The lowest BCUT2D eigenvalue weighted by molar-refractivity contribution is 0.0576. The van der Waals surface area contributed by atoms with E-state index < -0.39 is 0 Å². The van der Waals surface area contributed by atoms with Crippen LogP contribution in [0.4, 0.5) is 4.39 Å². The van der Waals surface area contributed by atoms with Crippen molar-refractivity contribution in [3.05, 3.63) is 41.3 Å². The minimum Gasteiger partial charge on any atom is -0.396 e. The Labute approximate surface area is 134 Å². The molecule has 0 aliphatic carbocycles. The highest BCUT2D eigenvalue weighted by Crippen LogP contribution is 2.26. The lowest BCUT2D eigenvalue weighted by atomic mass is 9.97. The van der Waals surface area contributed by atoms with Crippen LogP contribution in [0.25, 0.3) is 10.9 Å². The first-order valence-electron chi connectivity index (χ1n) is 8.09. The Balaban J connectivity index is 2.02. The number of aromatic nitrogens is 1. The smallest absolute Gasteiger partial charge is 0.254 e. The van der Waals surface area contributed by atoms with Gasteiger partial charge in [0, 0.05) is 36.3 Å². The van der Waals surface area contributed by atoms with Crippen LogP contribution in [0.3, 0.4) is 0 Å². The number of amides is 1. The number of aliphatic hydroxyl groups is 1. The molecule has 1 saturated heterocycles. The number of hydrogen-bond donors (Lipinski definition) is 1. The molecule has 0 saturated carbocycles. The predicted molar refractivity (Wildman–Crippen MR) is 86.8 cm³/mol. The zero-order valence-electron chi connectivity index (χ0n) is 13.3. The number of rotatable bonds is 3. The van der Waals surface area contributed by atoms with Crippen molar-refractivity contribution in [1.29, 1.82) is 0 Å². The molecule has 1 aromatic heterocycles. The van der Waals surface area contributed by atoms with Gasteiger partial charge in [-0.05, 0) is 50.8 Å². The van der Waals surface area contributed by atoms with Gasteiger partial charge in [0.15, 0.2) is 0 Å². The van der Waals surface area contributed by atoms with E-state index in [1.54, 1.807) is 12.1 Å². The molecule has 1 fully saturated rings. The van der Waals surface area contributed by atoms with E-state index >= 15 is 0 Å². The maximum atomic E-state index is 13.5. The molecule has 3 rings (SSSR count). The molecule has 2 aromatic rings. The summed E-state index contributed by atoms with van der Waals surface area (Å²) >= 11 is 0. The minimum atomic E-state index is -0.356. The lowest BCUT2D eigenvalue weighted by Crippen LogP contribution is -2.44. The summed E-state index contributed by atoms with van der Waals surface area (Å²) in [5, 5.41) is 9.92. The summed E-state index contributed by atoms with van der Waals surface area (Å²) in [5.41, 5.74) is 1.77. The van der Waals surface area contributed by atoms with Gasteiger partial charge in [-0.1, -0.05) is 0 Å². The number of carbonyl (C=O) groups excluding carboxylic acids is 1. The van der Waals surface area contributed by atoms with Crippen molar-refractivity contribution in [3.63, 3.8) is 0 Å². The van der Waals surface area contributed by atoms with E-state index in [1.807, 2.05) is 11.8 Å². The molecule has 0 radical (unpaired) electrons. The zero-order valence-corrected chi connectivity index (χ0v) is 13.3. The lowest BCUT2D eigenvalue weighted by Gasteiger charge is -2.36. The Bertz CT molecular complexity index is 725. The van der Waals surface area contributed by atoms with E-state index in [2.05, 4.69) is 4.98 Å². The molecular formula is C18H21FN2O2. The van der Waals surface area contributed by atoms with Gasteiger partial charge < -0.3 is 10.0 Å². The van der Waals surface area contributed by atoms with Gasteiger partial charge in [-0.3, -0.25) is 9.78 Å². The molecule has 23 heavy (non-hydrogen) atoms. The number of halogens is 1. The molecule has 0 bridgehead atoms. The summed E-state index contributed by atoms with van der Waals surface area (Å²) < 4.78 is 13.5. The Morgan fingerprint density at radius 3 is 3.00 bits per heavy atom. The third-order valence-corrected chi connectivity index (χ3v) is 4.48. The van der Waals surface area contributed by atoms with Crippen LogP contribution in [0.15, 0.2) is 24.3 Å². The van der Waals surface area contributed by atoms with E-state index in [1.165, 1.54) is 12.1 Å². The minimum absolute atomic E-state index is 0.0507. The second-order valence-electron chi connectivity index (χ2n) is 6.13. The van der Waals surface area contributed by atoms with Crippen molar-refractivity contribution >= 4 is 16.8 Å². The fraction of sp³-hybridized carbons (Fsp3) is 0.444. The van der Waals surface area contributed by atoms with Crippen LogP contribution in [0, 0.1) is 12.7 Å². The third kappa shape index (κ3) is 3.20. The number of aryl methyl sites for hydroxylation is 1. The first-order chi connectivity index (χ1) is 11.1. The van der Waals surface area contributed by atoms with Crippen LogP contribution < -0.4 is 0 Å². The number of piperidine rings is 1. The number of fused-ring (bicyclic) bond motifs is 1. The number of aliphatic hydroxyl groups excluding tert-OH is 1. The van der Waals surface area contributed by atoms with E-state index in [-0.39, 0.29) is 24.4 Å². The summed E-state index contributed by atoms with van der Waals surface area (Å²) in [6.45, 7) is 2.59. The van der Waals surface area contributed by atoms with Crippen LogP contribution >= 0.6 is 0 Å². The van der Waals surface area contributed by atoms with Crippen LogP contribution in [-0.4, -0.2) is 40.1 Å². The molecule has 2 heterocycles. The summed E-state index contributed by atoms with van der Waals surface area (Å²) in [6.07, 6.45) is 3.57. The zero-order chi connectivity index (χ0) is 16.4. The van der Waals surface area contributed by atoms with Gasteiger partial charge in [0.05, 0.1) is 11.1 Å². The molecule has 1 unspecified atom stereocenters. The standard InChI is InChI=1S/C18H21FN2O2/c1-12-10-16(15-6-5-13(19)11-17(15)20-12)18(23)21-8-3-2-4-14(21)7-9-22/h5-6,10-11,14,22H,2-4,7-9H2,1H3. The SMILES string of the molecule is Cc1cc(C(=O)N2CCCCC2CCO)c2ccc(F)cc2n1. The number of pyridine rings is 1. The van der Waals surface area contributed by atoms with Crippen molar-refractivity contribution in [3.8, 4) is 0 Å². The first kappa shape index (κ1) is 15.9. The van der Waals surface area contributed by atoms with Crippen LogP contribution in [0.2, 0.25) is 0 Å². The molecule has 0 spiro atoms. The van der Waals surface area contributed by atoms with Gasteiger partial charge in [-0.15, -0.1) is 0 Å². The summed E-state index contributed by atoms with van der Waals surface area (Å²) in [7, 11) is 0. The molecule has 1 aliphatic heterocycles. The van der Waals surface area contributed by atoms with E-state index in [0.29, 0.717) is 35.1 Å².